The Bertz CT molecular complexity index is 561. The third kappa shape index (κ3) is 6.47. The second kappa shape index (κ2) is 10.6. The number of hydrogen-bond acceptors (Lipinski definition) is 4. The molecule has 0 amide bonds. The van der Waals surface area contributed by atoms with E-state index >= 15 is 0 Å². The Hall–Kier alpha value is -1.66. The lowest BCUT2D eigenvalue weighted by Crippen LogP contribution is -2.49. The molecule has 1 aromatic heterocycles. The van der Waals surface area contributed by atoms with E-state index in [9.17, 15) is 0 Å². The van der Waals surface area contributed by atoms with Crippen LogP contribution in [-0.2, 0) is 6.54 Å². The van der Waals surface area contributed by atoms with Gasteiger partial charge in [-0.25, -0.2) is 0 Å². The van der Waals surface area contributed by atoms with Crippen LogP contribution in [0.5, 0.6) is 0 Å². The van der Waals surface area contributed by atoms with E-state index in [1.807, 2.05) is 19.3 Å². The molecule has 0 atom stereocenters. The Morgan fingerprint density at radius 1 is 1.22 bits per heavy atom. The Kier molecular flexibility index (Phi) is 7.90. The predicted octanol–water partition coefficient (Wildman–Crippen LogP) is 2.09. The van der Waals surface area contributed by atoms with Crippen molar-refractivity contribution in [3.63, 3.8) is 0 Å². The van der Waals surface area contributed by atoms with Gasteiger partial charge in [-0.05, 0) is 44.9 Å². The van der Waals surface area contributed by atoms with Crippen LogP contribution in [0.25, 0.3) is 0 Å². The minimum Gasteiger partial charge on any atom is -0.355 e. The van der Waals surface area contributed by atoms with E-state index in [-0.39, 0.29) is 0 Å². The summed E-state index contributed by atoms with van der Waals surface area (Å²) in [6.45, 7) is 5.19. The molecule has 2 heterocycles. The summed E-state index contributed by atoms with van der Waals surface area (Å²) in [7, 11) is 4.12. The molecule has 0 radical (unpaired) electrons. The summed E-state index contributed by atoms with van der Waals surface area (Å²) in [6.07, 6.45) is 9.69. The van der Waals surface area contributed by atoms with Gasteiger partial charge in [0, 0.05) is 58.1 Å². The molecule has 1 aliphatic carbocycles. The van der Waals surface area contributed by atoms with E-state index in [2.05, 4.69) is 49.6 Å². The summed E-state index contributed by atoms with van der Waals surface area (Å²) >= 11 is 0. The van der Waals surface area contributed by atoms with E-state index in [1.165, 1.54) is 25.7 Å². The smallest absolute Gasteiger partial charge is 0.191 e. The van der Waals surface area contributed by atoms with E-state index in [0.717, 1.165) is 63.3 Å². The minimum atomic E-state index is 0.503. The van der Waals surface area contributed by atoms with Crippen LogP contribution in [0.15, 0.2) is 29.4 Å². The second-order valence-electron chi connectivity index (χ2n) is 7.93. The van der Waals surface area contributed by atoms with Crippen molar-refractivity contribution in [1.82, 2.24) is 25.4 Å². The minimum absolute atomic E-state index is 0.503. The number of hydrogen-bond donors (Lipinski definition) is 2. The maximum Gasteiger partial charge on any atom is 0.191 e. The van der Waals surface area contributed by atoms with E-state index in [4.69, 9.17) is 0 Å². The van der Waals surface area contributed by atoms with Gasteiger partial charge in [-0.15, -0.1) is 0 Å². The van der Waals surface area contributed by atoms with Gasteiger partial charge in [0.05, 0.1) is 5.69 Å². The van der Waals surface area contributed by atoms with Crippen LogP contribution >= 0.6 is 0 Å². The first-order chi connectivity index (χ1) is 13.2. The molecule has 1 saturated heterocycles. The molecule has 2 N–H and O–H groups in total. The zero-order valence-corrected chi connectivity index (χ0v) is 17.0. The Balaban J connectivity index is 1.33. The Morgan fingerprint density at radius 3 is 2.67 bits per heavy atom. The number of likely N-dealkylation sites (tertiary alicyclic amines) is 1. The molecule has 6 heteroatoms. The summed E-state index contributed by atoms with van der Waals surface area (Å²) in [4.78, 5) is 13.9. The first-order valence-electron chi connectivity index (χ1n) is 10.5. The predicted molar refractivity (Wildman–Crippen MR) is 112 cm³/mol. The van der Waals surface area contributed by atoms with Crippen molar-refractivity contribution >= 4 is 5.96 Å². The zero-order valence-electron chi connectivity index (χ0n) is 17.0. The van der Waals surface area contributed by atoms with Crippen molar-refractivity contribution < 1.29 is 0 Å². The van der Waals surface area contributed by atoms with Crippen molar-refractivity contribution in [2.45, 2.75) is 57.2 Å². The molecule has 1 saturated carbocycles. The number of pyridine rings is 1. The van der Waals surface area contributed by atoms with Crippen molar-refractivity contribution in [1.29, 1.82) is 0 Å². The summed E-state index contributed by atoms with van der Waals surface area (Å²) in [5.74, 6) is 0.943. The number of nitrogens with one attached hydrogen (secondary N) is 2. The Labute approximate surface area is 164 Å². The van der Waals surface area contributed by atoms with Crippen molar-refractivity contribution in [3.05, 3.63) is 30.1 Å². The third-order valence-electron chi connectivity index (χ3n) is 5.97. The van der Waals surface area contributed by atoms with Crippen molar-refractivity contribution in [3.8, 4) is 0 Å². The summed E-state index contributed by atoms with van der Waals surface area (Å²) < 4.78 is 0. The molecule has 0 bridgehead atoms. The normalized spacial score (nSPS) is 20.3. The van der Waals surface area contributed by atoms with E-state index in [1.54, 1.807) is 0 Å². The maximum absolute atomic E-state index is 4.44. The van der Waals surface area contributed by atoms with E-state index < -0.39 is 0 Å². The fourth-order valence-electron chi connectivity index (χ4n) is 4.22. The molecular formula is C21H36N6. The quantitative estimate of drug-likeness (QED) is 0.567. The van der Waals surface area contributed by atoms with Crippen LogP contribution < -0.4 is 10.6 Å². The van der Waals surface area contributed by atoms with Gasteiger partial charge in [0.25, 0.3) is 0 Å². The van der Waals surface area contributed by atoms with Gasteiger partial charge in [0.15, 0.2) is 5.96 Å². The van der Waals surface area contributed by atoms with Crippen LogP contribution in [0.1, 0.15) is 44.2 Å². The number of likely N-dealkylation sites (N-methyl/N-ethyl adjacent to an activating group) is 1. The fraction of sp³-hybridized carbons (Fsp3) is 0.714. The van der Waals surface area contributed by atoms with Gasteiger partial charge in [-0.3, -0.25) is 14.9 Å². The number of aromatic nitrogens is 1. The SMILES string of the molecule is CN=C(NCCN(C)C1CCCC1)NC1CCN(Cc2ccccn2)CC1. The highest BCUT2D eigenvalue weighted by Gasteiger charge is 2.21. The standard InChI is InChI=1S/C21H36N6/c1-22-21(24-13-16-26(2)20-8-3-4-9-20)25-18-10-14-27(15-11-18)17-19-7-5-6-12-23-19/h5-7,12,18,20H,3-4,8-11,13-17H2,1-2H3,(H2,22,24,25). The highest BCUT2D eigenvalue weighted by atomic mass is 15.2. The number of aliphatic imine (C=N–C) groups is 1. The van der Waals surface area contributed by atoms with Crippen LogP contribution in [-0.4, -0.2) is 73.1 Å². The highest BCUT2D eigenvalue weighted by molar-refractivity contribution is 5.79. The molecule has 6 nitrogen and oxygen atoms in total. The largest absolute Gasteiger partial charge is 0.355 e. The molecule has 3 rings (SSSR count). The van der Waals surface area contributed by atoms with Gasteiger partial charge in [0.1, 0.15) is 0 Å². The van der Waals surface area contributed by atoms with Crippen LogP contribution in [0.4, 0.5) is 0 Å². The topological polar surface area (TPSA) is 55.8 Å². The molecule has 150 valence electrons. The summed E-state index contributed by atoms with van der Waals surface area (Å²) in [6, 6.07) is 7.44. The molecule has 27 heavy (non-hydrogen) atoms. The second-order valence-corrected chi connectivity index (χ2v) is 7.93. The first kappa shape index (κ1) is 20.1. The van der Waals surface area contributed by atoms with Gasteiger partial charge >= 0.3 is 0 Å². The molecule has 1 aliphatic heterocycles. The number of guanidine groups is 1. The zero-order chi connectivity index (χ0) is 18.9. The molecule has 2 fully saturated rings. The van der Waals surface area contributed by atoms with Crippen LogP contribution in [0.3, 0.4) is 0 Å². The molecule has 0 spiro atoms. The lowest BCUT2D eigenvalue weighted by atomic mass is 10.0. The number of nitrogens with zero attached hydrogens (tertiary/aromatic N) is 4. The molecule has 0 aromatic carbocycles. The van der Waals surface area contributed by atoms with Crippen LogP contribution in [0.2, 0.25) is 0 Å². The number of piperidine rings is 1. The molecular weight excluding hydrogens is 336 g/mol. The summed E-state index contributed by atoms with van der Waals surface area (Å²) in [5, 5.41) is 7.11. The highest BCUT2D eigenvalue weighted by Crippen LogP contribution is 2.21. The van der Waals surface area contributed by atoms with Gasteiger partial charge in [-0.1, -0.05) is 18.9 Å². The van der Waals surface area contributed by atoms with Crippen LogP contribution in [0, 0.1) is 0 Å². The molecule has 2 aliphatic rings. The maximum atomic E-state index is 4.44. The lowest BCUT2D eigenvalue weighted by molar-refractivity contribution is 0.196. The average Bonchev–Trinajstić information content (AvgIpc) is 3.24. The van der Waals surface area contributed by atoms with Crippen molar-refractivity contribution in [2.24, 2.45) is 4.99 Å². The molecule has 0 unspecified atom stereocenters. The number of rotatable bonds is 7. The van der Waals surface area contributed by atoms with Crippen molar-refractivity contribution in [2.75, 3.05) is 40.3 Å². The third-order valence-corrected chi connectivity index (χ3v) is 5.97. The summed E-state index contributed by atoms with van der Waals surface area (Å²) in [5.41, 5.74) is 1.16. The first-order valence-corrected chi connectivity index (χ1v) is 10.5. The van der Waals surface area contributed by atoms with E-state index in [0.29, 0.717) is 6.04 Å². The lowest BCUT2D eigenvalue weighted by Gasteiger charge is -2.33. The van der Waals surface area contributed by atoms with Gasteiger partial charge < -0.3 is 15.5 Å². The average molecular weight is 373 g/mol. The van der Waals surface area contributed by atoms with Gasteiger partial charge in [0.2, 0.25) is 0 Å². The molecule has 1 aromatic rings. The van der Waals surface area contributed by atoms with Gasteiger partial charge in [-0.2, -0.15) is 0 Å². The monoisotopic (exact) mass is 372 g/mol. The Morgan fingerprint density at radius 2 is 2.00 bits per heavy atom. The fourth-order valence-corrected chi connectivity index (χ4v) is 4.22.